The molecule has 0 amide bonds. The molecule has 1 N–H and O–H groups in total. The lowest BCUT2D eigenvalue weighted by atomic mass is 9.79. The SMILES string of the molecule is COc1ccc(CNC2=CC3=CC(=O)O[C@@]34C[C@@H]2N2CCCC[C@@H]24)cc1. The summed E-state index contributed by atoms with van der Waals surface area (Å²) in [6.07, 6.45) is 8.30. The van der Waals surface area contributed by atoms with Crippen molar-refractivity contribution in [3.63, 3.8) is 0 Å². The first-order valence-corrected chi connectivity index (χ1v) is 9.49. The van der Waals surface area contributed by atoms with Crippen LogP contribution in [0.1, 0.15) is 31.2 Å². The van der Waals surface area contributed by atoms with Crippen molar-refractivity contribution in [3.05, 3.63) is 53.3 Å². The maximum Gasteiger partial charge on any atom is 0.332 e. The zero-order valence-electron chi connectivity index (χ0n) is 15.0. The highest BCUT2D eigenvalue weighted by Gasteiger charge is 2.61. The number of rotatable bonds is 4. The Bertz CT molecular complexity index is 798. The summed E-state index contributed by atoms with van der Waals surface area (Å²) in [4.78, 5) is 14.6. The van der Waals surface area contributed by atoms with Crippen molar-refractivity contribution in [2.75, 3.05) is 13.7 Å². The van der Waals surface area contributed by atoms with Crippen LogP contribution >= 0.6 is 0 Å². The van der Waals surface area contributed by atoms with Crippen molar-refractivity contribution < 1.29 is 14.3 Å². The molecule has 3 atom stereocenters. The van der Waals surface area contributed by atoms with Gasteiger partial charge < -0.3 is 14.8 Å². The molecule has 5 heteroatoms. The summed E-state index contributed by atoms with van der Waals surface area (Å²) in [6.45, 7) is 1.85. The normalized spacial score (nSPS) is 32.3. The average molecular weight is 352 g/mol. The molecule has 0 radical (unpaired) electrons. The Hall–Kier alpha value is -2.27. The molecular formula is C21H24N2O3. The molecule has 1 aromatic rings. The van der Waals surface area contributed by atoms with Gasteiger partial charge in [-0.1, -0.05) is 18.6 Å². The molecule has 5 rings (SSSR count). The first-order valence-electron chi connectivity index (χ1n) is 9.49. The van der Waals surface area contributed by atoms with Crippen LogP contribution in [0, 0.1) is 0 Å². The van der Waals surface area contributed by atoms with Crippen molar-refractivity contribution in [3.8, 4) is 5.75 Å². The summed E-state index contributed by atoms with van der Waals surface area (Å²) in [5.74, 6) is 0.688. The summed E-state index contributed by atoms with van der Waals surface area (Å²) >= 11 is 0. The van der Waals surface area contributed by atoms with Gasteiger partial charge in [-0.25, -0.2) is 4.79 Å². The van der Waals surface area contributed by atoms with Gasteiger partial charge >= 0.3 is 5.97 Å². The Balaban J connectivity index is 1.41. The van der Waals surface area contributed by atoms with Gasteiger partial charge in [0.1, 0.15) is 5.75 Å². The Morgan fingerprint density at radius 3 is 2.92 bits per heavy atom. The van der Waals surface area contributed by atoms with Crippen molar-refractivity contribution >= 4 is 5.97 Å². The van der Waals surface area contributed by atoms with Gasteiger partial charge in [-0.3, -0.25) is 4.90 Å². The van der Waals surface area contributed by atoms with E-state index in [4.69, 9.17) is 9.47 Å². The largest absolute Gasteiger partial charge is 0.497 e. The number of esters is 1. The van der Waals surface area contributed by atoms with Crippen LogP contribution in [-0.4, -0.2) is 42.2 Å². The molecule has 1 spiro atoms. The van der Waals surface area contributed by atoms with E-state index in [1.807, 2.05) is 12.1 Å². The number of hydrogen-bond donors (Lipinski definition) is 1. The lowest BCUT2D eigenvalue weighted by molar-refractivity contribution is -0.148. The molecule has 2 fully saturated rings. The number of nitrogens with zero attached hydrogens (tertiary/aromatic N) is 1. The molecule has 2 bridgehead atoms. The van der Waals surface area contributed by atoms with E-state index in [0.29, 0.717) is 12.1 Å². The second-order valence-corrected chi connectivity index (χ2v) is 7.68. The van der Waals surface area contributed by atoms with Crippen molar-refractivity contribution in [2.24, 2.45) is 0 Å². The van der Waals surface area contributed by atoms with E-state index in [1.54, 1.807) is 13.2 Å². The summed E-state index contributed by atoms with van der Waals surface area (Å²) in [7, 11) is 1.68. The second kappa shape index (κ2) is 5.88. The quantitative estimate of drug-likeness (QED) is 0.844. The van der Waals surface area contributed by atoms with Crippen LogP contribution in [0.4, 0.5) is 0 Å². The van der Waals surface area contributed by atoms with E-state index < -0.39 is 5.60 Å². The summed E-state index contributed by atoms with van der Waals surface area (Å²) < 4.78 is 11.1. The Morgan fingerprint density at radius 2 is 2.12 bits per heavy atom. The van der Waals surface area contributed by atoms with Crippen molar-refractivity contribution in [2.45, 2.75) is 49.9 Å². The minimum absolute atomic E-state index is 0.182. The monoisotopic (exact) mass is 352 g/mol. The molecule has 0 saturated carbocycles. The standard InChI is InChI=1S/C21H24N2O3/c1-25-16-7-5-14(6-8-16)13-22-17-10-15-11-20(24)26-21(15)12-18(17)23-9-3-2-4-19(21)23/h5-8,10-11,18-19,22H,2-4,9,12-13H2,1H3/t18-,19+,21-/m0/s1. The summed E-state index contributed by atoms with van der Waals surface area (Å²) in [5, 5.41) is 3.63. The Kier molecular flexibility index (Phi) is 3.60. The van der Waals surface area contributed by atoms with Crippen LogP contribution in [-0.2, 0) is 16.1 Å². The lowest BCUT2D eigenvalue weighted by Crippen LogP contribution is -2.48. The third-order valence-electron chi connectivity index (χ3n) is 6.35. The minimum atomic E-state index is -0.395. The van der Waals surface area contributed by atoms with Gasteiger partial charge in [0.25, 0.3) is 0 Å². The zero-order chi connectivity index (χ0) is 17.7. The average Bonchev–Trinajstić information content (AvgIpc) is 3.15. The zero-order valence-corrected chi connectivity index (χ0v) is 15.0. The van der Waals surface area contributed by atoms with Crippen molar-refractivity contribution in [1.82, 2.24) is 10.2 Å². The molecular weight excluding hydrogens is 328 g/mol. The van der Waals surface area contributed by atoms with Crippen LogP contribution < -0.4 is 10.1 Å². The molecule has 0 aromatic heterocycles. The minimum Gasteiger partial charge on any atom is -0.497 e. The first kappa shape index (κ1) is 15.9. The van der Waals surface area contributed by atoms with E-state index in [1.165, 1.54) is 24.1 Å². The predicted octanol–water partition coefficient (Wildman–Crippen LogP) is 2.53. The van der Waals surface area contributed by atoms with E-state index in [2.05, 4.69) is 28.4 Å². The van der Waals surface area contributed by atoms with E-state index >= 15 is 0 Å². The van der Waals surface area contributed by atoms with Crippen LogP contribution in [0.3, 0.4) is 0 Å². The third-order valence-corrected chi connectivity index (χ3v) is 6.35. The second-order valence-electron chi connectivity index (χ2n) is 7.68. The van der Waals surface area contributed by atoms with Crippen LogP contribution in [0.5, 0.6) is 5.75 Å². The maximum absolute atomic E-state index is 12.0. The fourth-order valence-electron chi connectivity index (χ4n) is 5.14. The molecule has 3 heterocycles. The highest BCUT2D eigenvalue weighted by molar-refractivity contribution is 5.88. The molecule has 3 aliphatic heterocycles. The fourth-order valence-corrected chi connectivity index (χ4v) is 5.14. The fraction of sp³-hybridized carbons (Fsp3) is 0.476. The Labute approximate surface area is 153 Å². The van der Waals surface area contributed by atoms with Gasteiger partial charge in [0.2, 0.25) is 0 Å². The van der Waals surface area contributed by atoms with Crippen molar-refractivity contribution in [1.29, 1.82) is 0 Å². The van der Waals surface area contributed by atoms with Crippen LogP contribution in [0.15, 0.2) is 47.7 Å². The molecule has 26 heavy (non-hydrogen) atoms. The molecule has 1 aromatic carbocycles. The van der Waals surface area contributed by atoms with E-state index in [0.717, 1.165) is 37.3 Å². The first-order chi connectivity index (χ1) is 12.7. The van der Waals surface area contributed by atoms with Gasteiger partial charge in [0, 0.05) is 30.3 Å². The lowest BCUT2D eigenvalue weighted by Gasteiger charge is -2.37. The number of methoxy groups -OCH3 is 1. The van der Waals surface area contributed by atoms with E-state index in [-0.39, 0.29) is 5.97 Å². The van der Waals surface area contributed by atoms with Crippen LogP contribution in [0.2, 0.25) is 0 Å². The number of piperidine rings is 1. The Morgan fingerprint density at radius 1 is 1.27 bits per heavy atom. The van der Waals surface area contributed by atoms with Crippen LogP contribution in [0.25, 0.3) is 0 Å². The van der Waals surface area contributed by atoms with E-state index in [9.17, 15) is 4.79 Å². The molecule has 1 aliphatic carbocycles. The molecule has 2 saturated heterocycles. The highest BCUT2D eigenvalue weighted by Crippen LogP contribution is 2.52. The summed E-state index contributed by atoms with van der Waals surface area (Å²) in [6, 6.07) is 8.79. The number of carbonyl (C=O) groups is 1. The number of benzene rings is 1. The van der Waals surface area contributed by atoms with Gasteiger partial charge in [0.05, 0.1) is 19.2 Å². The molecule has 136 valence electrons. The molecule has 4 aliphatic rings. The topological polar surface area (TPSA) is 50.8 Å². The maximum atomic E-state index is 12.0. The van der Waals surface area contributed by atoms with Gasteiger partial charge in [-0.15, -0.1) is 0 Å². The molecule has 5 nitrogen and oxygen atoms in total. The van der Waals surface area contributed by atoms with Gasteiger partial charge in [-0.05, 0) is 43.2 Å². The number of carbonyl (C=O) groups excluding carboxylic acids is 1. The number of nitrogens with one attached hydrogen (secondary N) is 1. The number of ether oxygens (including phenoxy) is 2. The highest BCUT2D eigenvalue weighted by atomic mass is 16.6. The molecule has 0 unspecified atom stereocenters. The predicted molar refractivity (Wildman–Crippen MR) is 97.6 cm³/mol. The smallest absolute Gasteiger partial charge is 0.332 e. The van der Waals surface area contributed by atoms with Gasteiger partial charge in [-0.2, -0.15) is 0 Å². The third kappa shape index (κ3) is 2.30. The summed E-state index contributed by atoms with van der Waals surface area (Å²) in [5.41, 5.74) is 3.09. The number of hydrogen-bond acceptors (Lipinski definition) is 5. The number of fused-ring (bicyclic) bond motifs is 3. The van der Waals surface area contributed by atoms with Gasteiger partial charge in [0.15, 0.2) is 5.60 Å².